The van der Waals surface area contributed by atoms with E-state index in [1.165, 1.54) is 0 Å². The van der Waals surface area contributed by atoms with Crippen LogP contribution in [0, 0.1) is 0 Å². The van der Waals surface area contributed by atoms with E-state index < -0.39 is 9.84 Å². The molecule has 0 spiro atoms. The van der Waals surface area contributed by atoms with Crippen LogP contribution in [0.1, 0.15) is 19.3 Å². The Labute approximate surface area is 108 Å². The minimum Gasteiger partial charge on any atom is -0.383 e. The summed E-state index contributed by atoms with van der Waals surface area (Å²) in [5, 5.41) is 5.84. The molecule has 0 aromatic heterocycles. The number of methoxy groups -OCH3 is 1. The van der Waals surface area contributed by atoms with Crippen molar-refractivity contribution in [1.82, 2.24) is 10.6 Å². The van der Waals surface area contributed by atoms with Gasteiger partial charge in [-0.25, -0.2) is 8.42 Å². The molecule has 1 aliphatic heterocycles. The third-order valence-electron chi connectivity index (χ3n) is 2.88. The molecule has 1 amide bonds. The van der Waals surface area contributed by atoms with Gasteiger partial charge in [0.2, 0.25) is 5.91 Å². The summed E-state index contributed by atoms with van der Waals surface area (Å²) in [6.45, 7) is 1.52. The van der Waals surface area contributed by atoms with Gasteiger partial charge in [0.15, 0.2) is 9.84 Å². The standard InChI is InChI=1S/C11H22N2O4S/c1-17-7-6-13-11(14)4-5-12-10-3-2-8-18(15,16)9-10/h10,12H,2-9H2,1H3,(H,13,14). The maximum atomic E-state index is 11.4. The molecule has 1 saturated heterocycles. The smallest absolute Gasteiger partial charge is 0.221 e. The van der Waals surface area contributed by atoms with Gasteiger partial charge in [0.25, 0.3) is 0 Å². The summed E-state index contributed by atoms with van der Waals surface area (Å²) >= 11 is 0. The van der Waals surface area contributed by atoms with Gasteiger partial charge in [-0.1, -0.05) is 0 Å². The van der Waals surface area contributed by atoms with E-state index in [0.717, 1.165) is 6.42 Å². The molecule has 2 N–H and O–H groups in total. The topological polar surface area (TPSA) is 84.5 Å². The molecule has 18 heavy (non-hydrogen) atoms. The third-order valence-corrected chi connectivity index (χ3v) is 4.70. The number of hydrogen-bond donors (Lipinski definition) is 2. The number of sulfone groups is 1. The fourth-order valence-electron chi connectivity index (χ4n) is 1.95. The van der Waals surface area contributed by atoms with Crippen LogP contribution >= 0.6 is 0 Å². The fourth-order valence-corrected chi connectivity index (χ4v) is 3.63. The van der Waals surface area contributed by atoms with Crippen molar-refractivity contribution in [3.8, 4) is 0 Å². The average molecular weight is 278 g/mol. The molecule has 0 aliphatic carbocycles. The molecule has 0 saturated carbocycles. The first-order valence-electron chi connectivity index (χ1n) is 6.23. The van der Waals surface area contributed by atoms with Gasteiger partial charge in [-0.15, -0.1) is 0 Å². The summed E-state index contributed by atoms with van der Waals surface area (Å²) in [6, 6.07) is -0.00414. The van der Waals surface area contributed by atoms with Crippen LogP contribution in [0.2, 0.25) is 0 Å². The molecular weight excluding hydrogens is 256 g/mol. The highest BCUT2D eigenvalue weighted by molar-refractivity contribution is 7.91. The number of ether oxygens (including phenoxy) is 1. The Kier molecular flexibility index (Phi) is 6.59. The number of hydrogen-bond acceptors (Lipinski definition) is 5. The van der Waals surface area contributed by atoms with Crippen molar-refractivity contribution in [3.63, 3.8) is 0 Å². The predicted molar refractivity (Wildman–Crippen MR) is 69.2 cm³/mol. The summed E-state index contributed by atoms with van der Waals surface area (Å²) in [5.74, 6) is 0.444. The van der Waals surface area contributed by atoms with Gasteiger partial charge in [-0.3, -0.25) is 4.79 Å². The Morgan fingerprint density at radius 3 is 2.83 bits per heavy atom. The van der Waals surface area contributed by atoms with E-state index in [-0.39, 0.29) is 17.7 Å². The number of amides is 1. The molecule has 1 fully saturated rings. The molecule has 7 heteroatoms. The zero-order chi connectivity index (χ0) is 13.4. The van der Waals surface area contributed by atoms with Crippen molar-refractivity contribution in [1.29, 1.82) is 0 Å². The Bertz CT molecular complexity index is 356. The first-order valence-corrected chi connectivity index (χ1v) is 8.05. The van der Waals surface area contributed by atoms with Gasteiger partial charge in [0.1, 0.15) is 0 Å². The quantitative estimate of drug-likeness (QED) is 0.602. The van der Waals surface area contributed by atoms with Gasteiger partial charge in [-0.2, -0.15) is 0 Å². The van der Waals surface area contributed by atoms with E-state index in [2.05, 4.69) is 10.6 Å². The molecule has 1 atom stereocenters. The van der Waals surface area contributed by atoms with Gasteiger partial charge in [-0.05, 0) is 12.8 Å². The highest BCUT2D eigenvalue weighted by Crippen LogP contribution is 2.11. The predicted octanol–water partition coefficient (Wildman–Crippen LogP) is -0.694. The SMILES string of the molecule is COCCNC(=O)CCNC1CCCS(=O)(=O)C1. The van der Waals surface area contributed by atoms with E-state index >= 15 is 0 Å². The molecule has 0 aromatic rings. The molecule has 0 radical (unpaired) electrons. The Hall–Kier alpha value is -0.660. The van der Waals surface area contributed by atoms with Crippen molar-refractivity contribution in [3.05, 3.63) is 0 Å². The number of rotatable bonds is 7. The van der Waals surface area contributed by atoms with Crippen molar-refractivity contribution in [2.45, 2.75) is 25.3 Å². The summed E-state index contributed by atoms with van der Waals surface area (Å²) < 4.78 is 27.6. The third kappa shape index (κ3) is 6.32. The average Bonchev–Trinajstić information content (AvgIpc) is 2.28. The highest BCUT2D eigenvalue weighted by Gasteiger charge is 2.24. The minimum atomic E-state index is -2.88. The van der Waals surface area contributed by atoms with E-state index in [1.54, 1.807) is 7.11 Å². The van der Waals surface area contributed by atoms with E-state index in [1.807, 2.05) is 0 Å². The number of carbonyl (C=O) groups excluding carboxylic acids is 1. The van der Waals surface area contributed by atoms with Crippen molar-refractivity contribution >= 4 is 15.7 Å². The Morgan fingerprint density at radius 1 is 1.39 bits per heavy atom. The van der Waals surface area contributed by atoms with Crippen LogP contribution in [-0.4, -0.2) is 58.7 Å². The molecule has 1 unspecified atom stereocenters. The molecule has 1 heterocycles. The maximum Gasteiger partial charge on any atom is 0.221 e. The monoisotopic (exact) mass is 278 g/mol. The van der Waals surface area contributed by atoms with Crippen LogP contribution in [0.5, 0.6) is 0 Å². The Balaban J connectivity index is 2.12. The number of carbonyl (C=O) groups is 1. The second-order valence-corrected chi connectivity index (χ2v) is 6.73. The lowest BCUT2D eigenvalue weighted by Gasteiger charge is -2.22. The molecule has 106 valence electrons. The number of nitrogens with one attached hydrogen (secondary N) is 2. The van der Waals surface area contributed by atoms with Crippen LogP contribution in [0.25, 0.3) is 0 Å². The lowest BCUT2D eigenvalue weighted by Crippen LogP contribution is -2.41. The highest BCUT2D eigenvalue weighted by atomic mass is 32.2. The first kappa shape index (κ1) is 15.4. The molecular formula is C11H22N2O4S. The molecule has 6 nitrogen and oxygen atoms in total. The lowest BCUT2D eigenvalue weighted by molar-refractivity contribution is -0.121. The molecule has 0 bridgehead atoms. The van der Waals surface area contributed by atoms with E-state index in [0.29, 0.717) is 38.3 Å². The van der Waals surface area contributed by atoms with Gasteiger partial charge < -0.3 is 15.4 Å². The zero-order valence-corrected chi connectivity index (χ0v) is 11.6. The summed E-state index contributed by atoms with van der Waals surface area (Å²) in [4.78, 5) is 11.4. The summed E-state index contributed by atoms with van der Waals surface area (Å²) in [6.07, 6.45) is 1.94. The van der Waals surface area contributed by atoms with Crippen LogP contribution in [0.15, 0.2) is 0 Å². The first-order chi connectivity index (χ1) is 8.53. The van der Waals surface area contributed by atoms with E-state index in [9.17, 15) is 13.2 Å². The lowest BCUT2D eigenvalue weighted by atomic mass is 10.2. The van der Waals surface area contributed by atoms with Crippen LogP contribution in [0.3, 0.4) is 0 Å². The second-order valence-electron chi connectivity index (χ2n) is 4.50. The van der Waals surface area contributed by atoms with Crippen LogP contribution in [0.4, 0.5) is 0 Å². The minimum absolute atomic E-state index is 0.00414. The molecule has 1 aliphatic rings. The van der Waals surface area contributed by atoms with Crippen LogP contribution < -0.4 is 10.6 Å². The Morgan fingerprint density at radius 2 is 2.17 bits per heavy atom. The van der Waals surface area contributed by atoms with Gasteiger partial charge in [0, 0.05) is 32.7 Å². The van der Waals surface area contributed by atoms with E-state index in [4.69, 9.17) is 4.74 Å². The summed E-state index contributed by atoms with van der Waals surface area (Å²) in [5.41, 5.74) is 0. The van der Waals surface area contributed by atoms with Gasteiger partial charge in [0.05, 0.1) is 18.1 Å². The summed E-state index contributed by atoms with van der Waals surface area (Å²) in [7, 11) is -1.30. The maximum absolute atomic E-state index is 11.4. The van der Waals surface area contributed by atoms with Crippen molar-refractivity contribution in [2.24, 2.45) is 0 Å². The van der Waals surface area contributed by atoms with Crippen molar-refractivity contribution < 1.29 is 17.9 Å². The van der Waals surface area contributed by atoms with Crippen LogP contribution in [-0.2, 0) is 19.4 Å². The fraction of sp³-hybridized carbons (Fsp3) is 0.909. The molecule has 1 rings (SSSR count). The van der Waals surface area contributed by atoms with Gasteiger partial charge >= 0.3 is 0 Å². The molecule has 0 aromatic carbocycles. The van der Waals surface area contributed by atoms with Crippen molar-refractivity contribution in [2.75, 3.05) is 38.3 Å². The second kappa shape index (κ2) is 7.70. The largest absolute Gasteiger partial charge is 0.383 e. The zero-order valence-electron chi connectivity index (χ0n) is 10.8. The normalized spacial score (nSPS) is 22.6.